The van der Waals surface area contributed by atoms with E-state index in [0.717, 1.165) is 13.0 Å². The van der Waals surface area contributed by atoms with E-state index in [-0.39, 0.29) is 10.8 Å². The van der Waals surface area contributed by atoms with Crippen LogP contribution in [0.4, 0.5) is 0 Å². The number of amides is 1. The van der Waals surface area contributed by atoms with E-state index >= 15 is 0 Å². The summed E-state index contributed by atoms with van der Waals surface area (Å²) >= 11 is 0. The van der Waals surface area contributed by atoms with Crippen molar-refractivity contribution in [2.24, 2.45) is 0 Å². The first-order valence-corrected chi connectivity index (χ1v) is 9.66. The first-order chi connectivity index (χ1) is 11.6. The van der Waals surface area contributed by atoms with Gasteiger partial charge >= 0.3 is 0 Å². The lowest BCUT2D eigenvalue weighted by molar-refractivity contribution is 0.0730. The average molecular weight is 355 g/mol. The van der Waals surface area contributed by atoms with Gasteiger partial charge in [-0.25, -0.2) is 8.42 Å². The average Bonchev–Trinajstić information content (AvgIpc) is 2.62. The number of hydrogen-bond donors (Lipinski definition) is 2. The lowest BCUT2D eigenvalue weighted by Crippen LogP contribution is -2.40. The molecule has 1 fully saturated rings. The Bertz CT molecular complexity index is 625. The maximum Gasteiger partial charge on any atom is 0.251 e. The van der Waals surface area contributed by atoms with Crippen LogP contribution in [-0.4, -0.2) is 64.6 Å². The van der Waals surface area contributed by atoms with Gasteiger partial charge in [0.2, 0.25) is 10.0 Å². The van der Waals surface area contributed by atoms with E-state index in [4.69, 9.17) is 4.74 Å². The summed E-state index contributed by atoms with van der Waals surface area (Å²) in [4.78, 5) is 12.2. The molecule has 1 aromatic carbocycles. The maximum atomic E-state index is 12.5. The lowest BCUT2D eigenvalue weighted by atomic mass is 10.2. The van der Waals surface area contributed by atoms with Crippen molar-refractivity contribution in [3.8, 4) is 0 Å². The van der Waals surface area contributed by atoms with Gasteiger partial charge in [-0.2, -0.15) is 4.31 Å². The molecule has 7 nitrogen and oxygen atoms in total. The molecule has 0 bridgehead atoms. The molecule has 8 heteroatoms. The van der Waals surface area contributed by atoms with E-state index in [2.05, 4.69) is 17.6 Å². The van der Waals surface area contributed by atoms with Gasteiger partial charge in [0.05, 0.1) is 18.1 Å². The molecular weight excluding hydrogens is 330 g/mol. The van der Waals surface area contributed by atoms with Crippen molar-refractivity contribution in [1.82, 2.24) is 14.9 Å². The summed E-state index contributed by atoms with van der Waals surface area (Å²) in [6.45, 7) is 5.78. The molecule has 134 valence electrons. The van der Waals surface area contributed by atoms with Gasteiger partial charge in [-0.1, -0.05) is 6.92 Å². The number of rotatable bonds is 8. The van der Waals surface area contributed by atoms with E-state index in [1.54, 1.807) is 12.1 Å². The number of sulfonamides is 1. The van der Waals surface area contributed by atoms with Gasteiger partial charge in [0.25, 0.3) is 5.91 Å². The number of nitrogens with one attached hydrogen (secondary N) is 2. The molecule has 0 aromatic heterocycles. The van der Waals surface area contributed by atoms with Crippen LogP contribution in [-0.2, 0) is 14.8 Å². The second kappa shape index (κ2) is 9.12. The molecule has 0 spiro atoms. The van der Waals surface area contributed by atoms with Crippen molar-refractivity contribution < 1.29 is 17.9 Å². The van der Waals surface area contributed by atoms with Crippen LogP contribution < -0.4 is 10.6 Å². The number of ether oxygens (including phenoxy) is 1. The molecule has 1 aromatic rings. The SMILES string of the molecule is CCCNCCNC(=O)c1ccc(S(=O)(=O)N2CCOCC2)cc1. The molecule has 0 saturated carbocycles. The maximum absolute atomic E-state index is 12.5. The number of benzene rings is 1. The third kappa shape index (κ3) is 5.01. The zero-order valence-corrected chi connectivity index (χ0v) is 14.8. The van der Waals surface area contributed by atoms with Crippen LogP contribution in [0.3, 0.4) is 0 Å². The largest absolute Gasteiger partial charge is 0.379 e. The monoisotopic (exact) mass is 355 g/mol. The van der Waals surface area contributed by atoms with Gasteiger partial charge in [-0.05, 0) is 37.2 Å². The summed E-state index contributed by atoms with van der Waals surface area (Å²) in [6, 6.07) is 6.05. The highest BCUT2D eigenvalue weighted by Gasteiger charge is 2.26. The zero-order chi connectivity index (χ0) is 17.4. The lowest BCUT2D eigenvalue weighted by Gasteiger charge is -2.26. The van der Waals surface area contributed by atoms with E-state index in [9.17, 15) is 13.2 Å². The summed E-state index contributed by atoms with van der Waals surface area (Å²) in [5.74, 6) is -0.205. The van der Waals surface area contributed by atoms with E-state index < -0.39 is 10.0 Å². The number of carbonyl (C=O) groups excluding carboxylic acids is 1. The van der Waals surface area contributed by atoms with Gasteiger partial charge in [0.1, 0.15) is 0 Å². The van der Waals surface area contributed by atoms with Crippen molar-refractivity contribution in [1.29, 1.82) is 0 Å². The second-order valence-electron chi connectivity index (χ2n) is 5.55. The third-order valence-corrected chi connectivity index (χ3v) is 5.65. The Labute approximate surface area is 143 Å². The topological polar surface area (TPSA) is 87.7 Å². The molecule has 0 aliphatic carbocycles. The first kappa shape index (κ1) is 18.9. The summed E-state index contributed by atoms with van der Waals surface area (Å²) in [5, 5.41) is 6.00. The van der Waals surface area contributed by atoms with Crippen molar-refractivity contribution >= 4 is 15.9 Å². The molecule has 1 heterocycles. The van der Waals surface area contributed by atoms with Gasteiger partial charge in [-0.3, -0.25) is 4.79 Å². The molecule has 1 saturated heterocycles. The molecule has 0 atom stereocenters. The van der Waals surface area contributed by atoms with Gasteiger partial charge in [-0.15, -0.1) is 0 Å². The Morgan fingerprint density at radius 2 is 1.79 bits per heavy atom. The van der Waals surface area contributed by atoms with Gasteiger partial charge in [0.15, 0.2) is 0 Å². The van der Waals surface area contributed by atoms with Gasteiger partial charge < -0.3 is 15.4 Å². The zero-order valence-electron chi connectivity index (χ0n) is 14.0. The second-order valence-corrected chi connectivity index (χ2v) is 7.48. The molecular formula is C16H25N3O4S. The molecule has 1 aliphatic heterocycles. The Morgan fingerprint density at radius 1 is 1.12 bits per heavy atom. The normalized spacial score (nSPS) is 16.0. The van der Waals surface area contributed by atoms with Crippen LogP contribution in [0.15, 0.2) is 29.2 Å². The van der Waals surface area contributed by atoms with Gasteiger partial charge in [0, 0.05) is 31.7 Å². The molecule has 1 aliphatic rings. The number of morpholine rings is 1. The highest BCUT2D eigenvalue weighted by Crippen LogP contribution is 2.17. The first-order valence-electron chi connectivity index (χ1n) is 8.22. The van der Waals surface area contributed by atoms with Crippen molar-refractivity contribution in [3.63, 3.8) is 0 Å². The highest BCUT2D eigenvalue weighted by atomic mass is 32.2. The minimum atomic E-state index is -3.52. The Balaban J connectivity index is 1.93. The number of carbonyl (C=O) groups is 1. The van der Waals surface area contributed by atoms with Crippen LogP contribution in [0.5, 0.6) is 0 Å². The van der Waals surface area contributed by atoms with E-state index in [1.807, 2.05) is 0 Å². The predicted octanol–water partition coefficient (Wildman–Crippen LogP) is 0.437. The highest BCUT2D eigenvalue weighted by molar-refractivity contribution is 7.89. The fourth-order valence-electron chi connectivity index (χ4n) is 2.38. The third-order valence-electron chi connectivity index (χ3n) is 3.74. The van der Waals surface area contributed by atoms with Crippen LogP contribution in [0.1, 0.15) is 23.7 Å². The Morgan fingerprint density at radius 3 is 2.42 bits per heavy atom. The van der Waals surface area contributed by atoms with E-state index in [0.29, 0.717) is 45.0 Å². The fourth-order valence-corrected chi connectivity index (χ4v) is 3.79. The molecule has 0 unspecified atom stereocenters. The van der Waals surface area contributed by atoms with Crippen molar-refractivity contribution in [3.05, 3.63) is 29.8 Å². The molecule has 2 rings (SSSR count). The summed E-state index contributed by atoms with van der Waals surface area (Å²) in [5.41, 5.74) is 0.450. The molecule has 24 heavy (non-hydrogen) atoms. The van der Waals surface area contributed by atoms with Crippen LogP contribution in [0.25, 0.3) is 0 Å². The smallest absolute Gasteiger partial charge is 0.251 e. The standard InChI is InChI=1S/C16H25N3O4S/c1-2-7-17-8-9-18-16(20)14-3-5-15(6-4-14)24(21,22)19-10-12-23-13-11-19/h3-6,17H,2,7-13H2,1H3,(H,18,20). The summed E-state index contributed by atoms with van der Waals surface area (Å²) in [6.07, 6.45) is 1.05. The molecule has 2 N–H and O–H groups in total. The predicted molar refractivity (Wildman–Crippen MR) is 91.5 cm³/mol. The molecule has 0 radical (unpaired) electrons. The quantitative estimate of drug-likeness (QED) is 0.661. The van der Waals surface area contributed by atoms with Crippen molar-refractivity contribution in [2.45, 2.75) is 18.2 Å². The van der Waals surface area contributed by atoms with Crippen LogP contribution in [0, 0.1) is 0 Å². The molecule has 1 amide bonds. The fraction of sp³-hybridized carbons (Fsp3) is 0.562. The van der Waals surface area contributed by atoms with E-state index in [1.165, 1.54) is 16.4 Å². The van der Waals surface area contributed by atoms with Crippen LogP contribution >= 0.6 is 0 Å². The number of hydrogen-bond acceptors (Lipinski definition) is 5. The summed E-state index contributed by atoms with van der Waals surface area (Å²) in [7, 11) is -3.52. The Kier molecular flexibility index (Phi) is 7.16. The Hall–Kier alpha value is -1.48. The summed E-state index contributed by atoms with van der Waals surface area (Å²) < 4.78 is 31.6. The van der Waals surface area contributed by atoms with Crippen molar-refractivity contribution in [2.75, 3.05) is 45.9 Å². The van der Waals surface area contributed by atoms with Crippen LogP contribution in [0.2, 0.25) is 0 Å². The minimum absolute atomic E-state index is 0.200. The minimum Gasteiger partial charge on any atom is -0.379 e. The number of nitrogens with zero attached hydrogens (tertiary/aromatic N) is 1.